The Morgan fingerprint density at radius 2 is 1.84 bits per heavy atom. The summed E-state index contributed by atoms with van der Waals surface area (Å²) in [5, 5.41) is 0. The second kappa shape index (κ2) is 10.3. The molecule has 2 amide bonds. The van der Waals surface area contributed by atoms with Crippen LogP contribution in [0.4, 0.5) is 0 Å². The SMILES string of the molecule is Cc1ccc(CN2CC(C(=O)N(C)CCCC3CC(c4ccccc4)NN3)CC2=O)cc1. The molecule has 0 spiro atoms. The van der Waals surface area contributed by atoms with Crippen molar-refractivity contribution in [3.8, 4) is 0 Å². The number of hydrogen-bond acceptors (Lipinski definition) is 4. The van der Waals surface area contributed by atoms with Crippen LogP contribution in [0.5, 0.6) is 0 Å². The van der Waals surface area contributed by atoms with Crippen molar-refractivity contribution in [3.63, 3.8) is 0 Å². The predicted molar refractivity (Wildman–Crippen MR) is 125 cm³/mol. The average Bonchev–Trinajstić information content (AvgIpc) is 3.42. The molecule has 2 aliphatic rings. The van der Waals surface area contributed by atoms with Gasteiger partial charge in [-0.3, -0.25) is 20.4 Å². The van der Waals surface area contributed by atoms with Gasteiger partial charge in [-0.15, -0.1) is 0 Å². The summed E-state index contributed by atoms with van der Waals surface area (Å²) in [6.07, 6.45) is 3.32. The first kappa shape index (κ1) is 22.5. The maximum absolute atomic E-state index is 12.9. The third-order valence-electron chi connectivity index (χ3n) is 6.66. The molecule has 0 saturated carbocycles. The molecule has 2 fully saturated rings. The van der Waals surface area contributed by atoms with E-state index in [0.717, 1.165) is 31.4 Å². The van der Waals surface area contributed by atoms with Crippen LogP contribution in [-0.4, -0.2) is 47.8 Å². The van der Waals surface area contributed by atoms with Crippen LogP contribution < -0.4 is 10.9 Å². The number of aryl methyl sites for hydroxylation is 1. The summed E-state index contributed by atoms with van der Waals surface area (Å²) in [7, 11) is 1.86. The monoisotopic (exact) mass is 434 g/mol. The second-order valence-electron chi connectivity index (χ2n) is 9.25. The van der Waals surface area contributed by atoms with E-state index in [0.29, 0.717) is 31.6 Å². The van der Waals surface area contributed by atoms with Gasteiger partial charge in [-0.2, -0.15) is 0 Å². The molecular weight excluding hydrogens is 400 g/mol. The number of amides is 2. The highest BCUT2D eigenvalue weighted by Gasteiger charge is 2.35. The normalized spacial score (nSPS) is 23.0. The Labute approximate surface area is 190 Å². The lowest BCUT2D eigenvalue weighted by atomic mass is 9.99. The lowest BCUT2D eigenvalue weighted by Crippen LogP contribution is -2.36. The van der Waals surface area contributed by atoms with Gasteiger partial charge in [0.25, 0.3) is 0 Å². The molecule has 4 rings (SSSR count). The molecule has 6 heteroatoms. The van der Waals surface area contributed by atoms with Gasteiger partial charge in [0.05, 0.1) is 5.92 Å². The molecule has 0 radical (unpaired) electrons. The third-order valence-corrected chi connectivity index (χ3v) is 6.66. The van der Waals surface area contributed by atoms with Crippen LogP contribution in [0.1, 0.15) is 48.4 Å². The standard InChI is InChI=1S/C26H34N4O2/c1-19-10-12-20(13-11-19)17-30-18-22(15-25(30)31)26(32)29(2)14-6-9-23-16-24(28-27-23)21-7-4-3-5-8-21/h3-5,7-8,10-13,22-24,27-28H,6,9,14-18H2,1-2H3. The Morgan fingerprint density at radius 1 is 1.09 bits per heavy atom. The largest absolute Gasteiger partial charge is 0.345 e. The van der Waals surface area contributed by atoms with E-state index < -0.39 is 0 Å². The summed E-state index contributed by atoms with van der Waals surface area (Å²) in [5.74, 6) is -0.0679. The van der Waals surface area contributed by atoms with Crippen LogP contribution in [0.2, 0.25) is 0 Å². The van der Waals surface area contributed by atoms with Crippen LogP contribution in [0.3, 0.4) is 0 Å². The van der Waals surface area contributed by atoms with E-state index in [1.807, 2.05) is 22.9 Å². The molecule has 0 bridgehead atoms. The molecular formula is C26H34N4O2. The summed E-state index contributed by atoms with van der Waals surface area (Å²) < 4.78 is 0. The molecule has 3 unspecified atom stereocenters. The van der Waals surface area contributed by atoms with E-state index in [2.05, 4.69) is 66.3 Å². The Kier molecular flexibility index (Phi) is 7.22. The van der Waals surface area contributed by atoms with Gasteiger partial charge in [-0.1, -0.05) is 60.2 Å². The predicted octanol–water partition coefficient (Wildman–Crippen LogP) is 3.19. The molecule has 6 nitrogen and oxygen atoms in total. The van der Waals surface area contributed by atoms with E-state index >= 15 is 0 Å². The number of carbonyl (C=O) groups excluding carboxylic acids is 2. The van der Waals surface area contributed by atoms with Gasteiger partial charge < -0.3 is 9.80 Å². The average molecular weight is 435 g/mol. The minimum absolute atomic E-state index is 0.0745. The number of hydrazine groups is 1. The maximum atomic E-state index is 12.9. The number of nitrogens with one attached hydrogen (secondary N) is 2. The van der Waals surface area contributed by atoms with E-state index in [4.69, 9.17) is 0 Å². The van der Waals surface area contributed by atoms with Gasteiger partial charge in [-0.25, -0.2) is 0 Å². The van der Waals surface area contributed by atoms with Crippen molar-refractivity contribution in [2.24, 2.45) is 5.92 Å². The van der Waals surface area contributed by atoms with Gasteiger partial charge in [-0.05, 0) is 37.3 Å². The molecule has 2 aliphatic heterocycles. The van der Waals surface area contributed by atoms with Crippen molar-refractivity contribution in [2.75, 3.05) is 20.1 Å². The number of nitrogens with zero attached hydrogens (tertiary/aromatic N) is 2. The fourth-order valence-corrected chi connectivity index (χ4v) is 4.72. The highest BCUT2D eigenvalue weighted by atomic mass is 16.2. The van der Waals surface area contributed by atoms with Gasteiger partial charge in [0.15, 0.2) is 0 Å². The molecule has 170 valence electrons. The van der Waals surface area contributed by atoms with Crippen LogP contribution in [0.15, 0.2) is 54.6 Å². The summed E-state index contributed by atoms with van der Waals surface area (Å²) in [5.41, 5.74) is 10.4. The molecule has 2 N–H and O–H groups in total. The number of carbonyl (C=O) groups is 2. The quantitative estimate of drug-likeness (QED) is 0.670. The molecule has 2 aromatic rings. The Hall–Kier alpha value is -2.70. The Morgan fingerprint density at radius 3 is 2.59 bits per heavy atom. The van der Waals surface area contributed by atoms with Crippen molar-refractivity contribution in [2.45, 2.75) is 51.2 Å². The van der Waals surface area contributed by atoms with Crippen LogP contribution in [0, 0.1) is 12.8 Å². The molecule has 2 heterocycles. The molecule has 0 aliphatic carbocycles. The van der Waals surface area contributed by atoms with Crippen molar-refractivity contribution in [3.05, 3.63) is 71.3 Å². The zero-order chi connectivity index (χ0) is 22.5. The molecule has 3 atom stereocenters. The van der Waals surface area contributed by atoms with Crippen molar-refractivity contribution < 1.29 is 9.59 Å². The van der Waals surface area contributed by atoms with Gasteiger partial charge in [0.1, 0.15) is 0 Å². The Balaban J connectivity index is 1.19. The van der Waals surface area contributed by atoms with Crippen LogP contribution in [-0.2, 0) is 16.1 Å². The van der Waals surface area contributed by atoms with Crippen LogP contribution >= 0.6 is 0 Å². The highest BCUT2D eigenvalue weighted by molar-refractivity contribution is 5.89. The first-order valence-electron chi connectivity index (χ1n) is 11.6. The number of hydrogen-bond donors (Lipinski definition) is 2. The first-order chi connectivity index (χ1) is 15.5. The van der Waals surface area contributed by atoms with Gasteiger partial charge >= 0.3 is 0 Å². The summed E-state index contributed by atoms with van der Waals surface area (Å²) >= 11 is 0. The topological polar surface area (TPSA) is 64.7 Å². The van der Waals surface area contributed by atoms with Crippen molar-refractivity contribution >= 4 is 11.8 Å². The lowest BCUT2D eigenvalue weighted by Gasteiger charge is -2.22. The van der Waals surface area contributed by atoms with E-state index in [1.54, 1.807) is 0 Å². The first-order valence-corrected chi connectivity index (χ1v) is 11.6. The fraction of sp³-hybridized carbons (Fsp3) is 0.462. The number of likely N-dealkylation sites (tertiary alicyclic amines) is 1. The van der Waals surface area contributed by atoms with Crippen molar-refractivity contribution in [1.29, 1.82) is 0 Å². The number of rotatable bonds is 8. The second-order valence-corrected chi connectivity index (χ2v) is 9.25. The van der Waals surface area contributed by atoms with E-state index in [1.165, 1.54) is 11.1 Å². The zero-order valence-corrected chi connectivity index (χ0v) is 19.1. The zero-order valence-electron chi connectivity index (χ0n) is 19.1. The molecule has 32 heavy (non-hydrogen) atoms. The smallest absolute Gasteiger partial charge is 0.227 e. The molecule has 0 aromatic heterocycles. The summed E-state index contributed by atoms with van der Waals surface area (Å²) in [6, 6.07) is 19.4. The van der Waals surface area contributed by atoms with E-state index in [9.17, 15) is 9.59 Å². The fourth-order valence-electron chi connectivity index (χ4n) is 4.72. The Bertz CT molecular complexity index is 915. The highest BCUT2D eigenvalue weighted by Crippen LogP contribution is 2.25. The van der Waals surface area contributed by atoms with Crippen LogP contribution in [0.25, 0.3) is 0 Å². The minimum atomic E-state index is -0.230. The van der Waals surface area contributed by atoms with Crippen molar-refractivity contribution in [1.82, 2.24) is 20.7 Å². The maximum Gasteiger partial charge on any atom is 0.227 e. The third kappa shape index (κ3) is 5.56. The van der Waals surface area contributed by atoms with Gasteiger partial charge in [0, 0.05) is 45.2 Å². The molecule has 2 aromatic carbocycles. The minimum Gasteiger partial charge on any atom is -0.345 e. The summed E-state index contributed by atoms with van der Waals surface area (Å²) in [4.78, 5) is 29.0. The van der Waals surface area contributed by atoms with Gasteiger partial charge in [0.2, 0.25) is 11.8 Å². The lowest BCUT2D eigenvalue weighted by molar-refractivity contribution is -0.134. The number of benzene rings is 2. The summed E-state index contributed by atoms with van der Waals surface area (Å²) in [6.45, 7) is 3.87. The molecule has 2 saturated heterocycles. The van der Waals surface area contributed by atoms with E-state index in [-0.39, 0.29) is 17.7 Å².